The van der Waals surface area contributed by atoms with Crippen LogP contribution in [0.3, 0.4) is 0 Å². The first-order chi connectivity index (χ1) is 55.1. The predicted octanol–water partition coefficient (Wildman–Crippen LogP) is 14.2. The van der Waals surface area contributed by atoms with Gasteiger partial charge >= 0.3 is 0 Å². The molecule has 0 aromatic heterocycles. The molecule has 6 aromatic carbocycles. The zero-order valence-electron chi connectivity index (χ0n) is 62.8. The maximum atomic E-state index is 12.8. The molecule has 6 aliphatic heterocycles. The Labute approximate surface area is 694 Å². The maximum Gasteiger partial charge on any atom is 0.293 e. The van der Waals surface area contributed by atoms with Crippen molar-refractivity contribution in [1.29, 1.82) is 0 Å². The van der Waals surface area contributed by atoms with Crippen LogP contribution in [-0.4, -0.2) is 190 Å². The Bertz CT molecular complexity index is 5160. The van der Waals surface area contributed by atoms with E-state index in [9.17, 15) is 90.7 Å². The first kappa shape index (κ1) is 91.7. The molecule has 6 aromatic rings. The molecule has 0 saturated carbocycles. The van der Waals surface area contributed by atoms with Crippen molar-refractivity contribution in [3.8, 4) is 11.5 Å². The lowest BCUT2D eigenvalue weighted by Crippen LogP contribution is -2.32. The lowest BCUT2D eigenvalue weighted by atomic mass is 10.1. The van der Waals surface area contributed by atoms with Gasteiger partial charge in [-0.15, -0.1) is 0 Å². The Morgan fingerprint density at radius 2 is 0.629 bits per heavy atom. The number of Topliss-reactive ketones (excluding diaryl/α,β-unsaturated/α-hetero) is 6. The van der Waals surface area contributed by atoms with E-state index in [4.69, 9.17) is 26.2 Å². The minimum Gasteiger partial charge on any atom is -0.497 e. The van der Waals surface area contributed by atoms with Crippen LogP contribution < -0.4 is 9.47 Å². The van der Waals surface area contributed by atoms with E-state index in [1.807, 2.05) is 48.5 Å². The van der Waals surface area contributed by atoms with Crippen LogP contribution in [0.5, 0.6) is 11.5 Å². The van der Waals surface area contributed by atoms with Crippen LogP contribution in [0.2, 0.25) is 5.02 Å². The second-order valence-electron chi connectivity index (χ2n) is 24.7. The van der Waals surface area contributed by atoms with Gasteiger partial charge in [0, 0.05) is 10.6 Å². The number of ether oxygens (including phenoxy) is 2. The van der Waals surface area contributed by atoms with Gasteiger partial charge in [0.2, 0.25) is 0 Å². The highest BCUT2D eigenvalue weighted by Gasteiger charge is 2.41. The molecule has 1 N–H and O–H groups in total. The van der Waals surface area contributed by atoms with Crippen molar-refractivity contribution >= 4 is 220 Å². The minimum absolute atomic E-state index is 0.0462. The fourth-order valence-corrected chi connectivity index (χ4v) is 15.2. The zero-order valence-corrected chi connectivity index (χ0v) is 68.5. The molecule has 600 valence electrons. The summed E-state index contributed by atoms with van der Waals surface area (Å²) in [5, 5.41) is 6.90. The van der Waals surface area contributed by atoms with Gasteiger partial charge in [-0.2, -0.15) is 0 Å². The molecule has 6 heterocycles. The molecule has 12 amide bonds. The molecular weight excluding hydrogens is 1640 g/mol. The summed E-state index contributed by atoms with van der Waals surface area (Å²) in [6.45, 7) is 6.85. The molecule has 0 spiro atoms. The van der Waals surface area contributed by atoms with Crippen molar-refractivity contribution in [1.82, 2.24) is 29.4 Å². The number of ketones is 6. The third-order valence-electron chi connectivity index (χ3n) is 15.3. The number of carbonyl (C=O) groups is 18. The molecule has 0 radical (unpaired) electrons. The smallest absolute Gasteiger partial charge is 0.293 e. The van der Waals surface area contributed by atoms with Crippen LogP contribution in [0.25, 0.3) is 36.5 Å². The number of aliphatic hydroxyl groups excluding tert-OH is 1. The molecule has 27 nitrogen and oxygen atoms in total. The van der Waals surface area contributed by atoms with E-state index < -0.39 is 66.9 Å². The normalized spacial score (nSPS) is 17.2. The van der Waals surface area contributed by atoms with E-state index in [2.05, 4.69) is 0 Å². The highest BCUT2D eigenvalue weighted by molar-refractivity contribution is 8.20. The molecule has 6 saturated heterocycles. The largest absolute Gasteiger partial charge is 0.497 e. The van der Waals surface area contributed by atoms with Crippen molar-refractivity contribution in [2.75, 3.05) is 53.5 Å². The van der Waals surface area contributed by atoms with E-state index in [1.165, 1.54) is 79.0 Å². The number of methoxy groups -OCH3 is 2. The summed E-state index contributed by atoms with van der Waals surface area (Å²) in [6, 6.07) is 43.2. The number of nitrogens with zero attached hydrogens (tertiary/aromatic N) is 6. The van der Waals surface area contributed by atoms with E-state index in [0.29, 0.717) is 52.8 Å². The van der Waals surface area contributed by atoms with Gasteiger partial charge in [0.05, 0.1) is 89.5 Å². The standard InChI is InChI=1S/3C14H13NO4S.C13H10ClNO3S.C13H10FNO3S.C13H11NO3S/c1-9(16)8-15-13(17)12(20-14(15)18)7-10-4-3-5-11(6-10)19-2;1-9(16)8-15-13(17)12(20-14(15)18)7-10-5-3-4-6-11(10)19-2;1-9(17)7-15-13(18)12(20-14(15)19)6-10-2-4-11(8-16)5-3-10;1-8(16)7-15-12(17)11(19-13(15)18)6-9-4-2-3-5-10(9)14;1-8(16)7-15-12(17)11(19-13(15)18)6-9-2-4-10(14)5-3-9;1-9(15)8-14-12(16)11(18-13(14)17)7-10-5-3-2-4-6-10/h2*3-7H,8H2,1-2H3;2-6,16H,7-8H2,1H3;2*2-6H,7H2,1H3;2-7H,8H2,1H3/b2*12-7-;12-6-;2*11-6-;11-7-. The van der Waals surface area contributed by atoms with Gasteiger partial charge in [-0.1, -0.05) is 127 Å². The minimum atomic E-state index is -0.491. The van der Waals surface area contributed by atoms with Gasteiger partial charge < -0.3 is 14.6 Å². The Hall–Kier alpha value is -11.5. The summed E-state index contributed by atoms with van der Waals surface area (Å²) in [5.41, 5.74) is 5.14. The summed E-state index contributed by atoms with van der Waals surface area (Å²) < 4.78 is 23.0. The number of benzene rings is 6. The molecule has 35 heteroatoms. The fraction of sp³-hybridized carbons (Fsp3) is 0.185. The van der Waals surface area contributed by atoms with Crippen molar-refractivity contribution in [2.24, 2.45) is 0 Å². The van der Waals surface area contributed by atoms with Crippen molar-refractivity contribution < 1.29 is 105 Å². The number of carbonyl (C=O) groups excluding carboxylic acids is 18. The molecule has 116 heavy (non-hydrogen) atoms. The molecule has 6 fully saturated rings. The number of thioether (sulfide) groups is 6. The van der Waals surface area contributed by atoms with Crippen molar-refractivity contribution in [2.45, 2.75) is 48.1 Å². The average Bonchev–Trinajstić information content (AvgIpc) is 1.72. The molecule has 6 aliphatic rings. The monoisotopic (exact) mass is 1710 g/mol. The van der Waals surface area contributed by atoms with Crippen LogP contribution >= 0.6 is 82.2 Å². The number of amides is 12. The average molecular weight is 1710 g/mol. The SMILES string of the molecule is CC(=O)CN1C(=O)S/C(=C\c2ccc(CO)cc2)C1=O.CC(=O)CN1C(=O)S/C(=C\c2ccc(F)cc2)C1=O.CC(=O)CN1C(=O)S/C(=C\c2ccccc2)C1=O.CC(=O)CN1C(=O)S/C(=C\c2ccccc2Cl)C1=O.COc1cccc(/C=C2\SC(=O)N(CC(C)=O)C2=O)c1.COc1ccccc1/C=C1\SC(=O)N(CC(C)=O)C1=O. The number of halogens is 2. The van der Waals surface area contributed by atoms with Gasteiger partial charge in [0.15, 0.2) is 0 Å². The van der Waals surface area contributed by atoms with Crippen LogP contribution in [0.1, 0.15) is 80.5 Å². The quantitative estimate of drug-likeness (QED) is 0.0654. The molecule has 0 unspecified atom stereocenters. The van der Waals surface area contributed by atoms with Crippen LogP contribution in [0.4, 0.5) is 33.2 Å². The Morgan fingerprint density at radius 3 is 0.957 bits per heavy atom. The van der Waals surface area contributed by atoms with Gasteiger partial charge in [-0.05, 0) is 218 Å². The summed E-state index contributed by atoms with van der Waals surface area (Å²) in [4.78, 5) is 215. The highest BCUT2D eigenvalue weighted by Crippen LogP contribution is 2.38. The Morgan fingerprint density at radius 1 is 0.345 bits per heavy atom. The van der Waals surface area contributed by atoms with E-state index >= 15 is 0 Å². The summed E-state index contributed by atoms with van der Waals surface area (Å²) in [5.74, 6) is -3.15. The predicted molar refractivity (Wildman–Crippen MR) is 443 cm³/mol. The van der Waals surface area contributed by atoms with Crippen LogP contribution in [-0.2, 0) is 64.1 Å². The van der Waals surface area contributed by atoms with Gasteiger partial charge in [-0.25, -0.2) is 4.39 Å². The number of hydrogen-bond acceptors (Lipinski definition) is 27. The number of rotatable bonds is 21. The fourth-order valence-electron chi connectivity index (χ4n) is 9.98. The molecule has 0 aliphatic carbocycles. The summed E-state index contributed by atoms with van der Waals surface area (Å²) in [6.07, 6.45) is 9.55. The maximum absolute atomic E-state index is 12.8. The van der Waals surface area contributed by atoms with Gasteiger partial charge in [-0.3, -0.25) is 116 Å². The summed E-state index contributed by atoms with van der Waals surface area (Å²) in [7, 11) is 3.09. The zero-order chi connectivity index (χ0) is 85.2. The highest BCUT2D eigenvalue weighted by atomic mass is 35.5. The van der Waals surface area contributed by atoms with Gasteiger partial charge in [0.1, 0.15) is 52.0 Å². The second kappa shape index (κ2) is 43.8. The first-order valence-electron chi connectivity index (χ1n) is 34.1. The van der Waals surface area contributed by atoms with Crippen LogP contribution in [0, 0.1) is 5.82 Å². The Balaban J connectivity index is 0.000000193. The topological polar surface area (TPSA) is 365 Å². The third-order valence-corrected chi connectivity index (χ3v) is 21.0. The van der Waals surface area contributed by atoms with E-state index in [-0.39, 0.29) is 96.2 Å². The van der Waals surface area contributed by atoms with Crippen LogP contribution in [0.15, 0.2) is 181 Å². The number of imide groups is 6. The first-order valence-corrected chi connectivity index (χ1v) is 39.4. The lowest BCUT2D eigenvalue weighted by Gasteiger charge is -2.09. The Kier molecular flexibility index (Phi) is 34.6. The number of para-hydroxylation sites is 1. The third kappa shape index (κ3) is 26.8. The lowest BCUT2D eigenvalue weighted by molar-refractivity contribution is -0.127. The molecule has 0 bridgehead atoms. The van der Waals surface area contributed by atoms with Crippen molar-refractivity contribution in [3.63, 3.8) is 0 Å². The second-order valence-corrected chi connectivity index (χ2v) is 31.1. The molecular formula is C81H70ClFN6O21S6. The van der Waals surface area contributed by atoms with Gasteiger partial charge in [0.25, 0.3) is 66.9 Å². The number of aliphatic hydroxyl groups is 1. The van der Waals surface area contributed by atoms with Crippen molar-refractivity contribution in [3.05, 3.63) is 231 Å². The molecule has 12 rings (SSSR count). The number of hydrogen-bond donors (Lipinski definition) is 1. The summed E-state index contributed by atoms with van der Waals surface area (Å²) >= 11 is 10.9. The van der Waals surface area contributed by atoms with E-state index in [1.54, 1.807) is 116 Å². The molecule has 0 atom stereocenters. The van der Waals surface area contributed by atoms with E-state index in [0.717, 1.165) is 122 Å².